The molecular weight excluding hydrogens is 368 g/mol. The summed E-state index contributed by atoms with van der Waals surface area (Å²) in [5.74, 6) is -0.702. The molecule has 4 N–H and O–H groups in total. The van der Waals surface area contributed by atoms with Gasteiger partial charge < -0.3 is 39.4 Å². The Kier molecular flexibility index (Phi) is 3.15. The zero-order valence-corrected chi connectivity index (χ0v) is 16.7. The number of aliphatic hydroxyl groups is 4. The van der Waals surface area contributed by atoms with E-state index in [0.717, 1.165) is 0 Å². The lowest BCUT2D eigenvalue weighted by Gasteiger charge is -2.49. The molecule has 5 unspecified atom stereocenters. The highest BCUT2D eigenvalue weighted by Crippen LogP contribution is 2.85. The van der Waals surface area contributed by atoms with Gasteiger partial charge in [-0.3, -0.25) is 0 Å². The molecule has 12 atom stereocenters. The van der Waals surface area contributed by atoms with E-state index in [0.29, 0.717) is 13.0 Å². The molecule has 2 aliphatic carbocycles. The highest BCUT2D eigenvalue weighted by Gasteiger charge is 2.99. The fraction of sp³-hybridized carbons (Fsp3) is 1.00. The topological polar surface area (TPSA) is 118 Å². The largest absolute Gasteiger partial charge is 0.390 e. The van der Waals surface area contributed by atoms with Gasteiger partial charge in [-0.1, -0.05) is 27.7 Å². The Hall–Kier alpha value is -0.320. The first-order valence-electron chi connectivity index (χ1n) is 10.3. The van der Waals surface area contributed by atoms with E-state index in [1.165, 1.54) is 0 Å². The average molecular weight is 398 g/mol. The maximum absolute atomic E-state index is 12.0. The predicted molar refractivity (Wildman–Crippen MR) is 92.7 cm³/mol. The summed E-state index contributed by atoms with van der Waals surface area (Å²) in [5.41, 5.74) is -5.42. The number of rotatable bonds is 0. The van der Waals surface area contributed by atoms with Gasteiger partial charge in [0.15, 0.2) is 18.2 Å². The summed E-state index contributed by atoms with van der Waals surface area (Å²) in [4.78, 5) is 0. The van der Waals surface area contributed by atoms with Crippen molar-refractivity contribution in [2.24, 2.45) is 28.1 Å². The van der Waals surface area contributed by atoms with Crippen molar-refractivity contribution >= 4 is 0 Å². The third kappa shape index (κ3) is 1.37. The number of hydrogen-bond donors (Lipinski definition) is 4. The van der Waals surface area contributed by atoms with Gasteiger partial charge >= 0.3 is 0 Å². The lowest BCUT2D eigenvalue weighted by atomic mass is 9.51. The Morgan fingerprint density at radius 2 is 1.75 bits per heavy atom. The second-order valence-electron chi connectivity index (χ2n) is 10.9. The number of fused-ring (bicyclic) bond motifs is 1. The summed E-state index contributed by atoms with van der Waals surface area (Å²) in [6.07, 6.45) is -5.10. The molecule has 0 amide bonds. The molecule has 158 valence electrons. The molecule has 4 saturated heterocycles. The van der Waals surface area contributed by atoms with Gasteiger partial charge in [0.2, 0.25) is 0 Å². The maximum atomic E-state index is 12.0. The van der Waals surface area contributed by atoms with Crippen LogP contribution in [-0.4, -0.2) is 81.8 Å². The van der Waals surface area contributed by atoms with Crippen LogP contribution in [0.25, 0.3) is 0 Å². The molecule has 4 heterocycles. The minimum Gasteiger partial charge on any atom is -0.390 e. The fourth-order valence-electron chi connectivity index (χ4n) is 8.66. The van der Waals surface area contributed by atoms with E-state index in [1.54, 1.807) is 0 Å². The highest BCUT2D eigenvalue weighted by molar-refractivity contribution is 5.43. The highest BCUT2D eigenvalue weighted by atomic mass is 16.8. The summed E-state index contributed by atoms with van der Waals surface area (Å²) >= 11 is 0. The summed E-state index contributed by atoms with van der Waals surface area (Å²) in [7, 11) is 0. The van der Waals surface area contributed by atoms with Crippen LogP contribution in [0.4, 0.5) is 0 Å². The van der Waals surface area contributed by atoms with Gasteiger partial charge in [0, 0.05) is 11.8 Å². The molecule has 8 heteroatoms. The van der Waals surface area contributed by atoms with Gasteiger partial charge in [-0.2, -0.15) is 0 Å². The Morgan fingerprint density at radius 1 is 1.04 bits per heavy atom. The molecule has 6 rings (SSSR count). The van der Waals surface area contributed by atoms with Gasteiger partial charge in [-0.25, -0.2) is 0 Å². The quantitative estimate of drug-likeness (QED) is 0.426. The summed E-state index contributed by atoms with van der Waals surface area (Å²) in [6.45, 7) is 8.39. The molecule has 2 spiro atoms. The normalized spacial score (nSPS) is 66.9. The van der Waals surface area contributed by atoms with Crippen LogP contribution in [0.3, 0.4) is 0 Å². The van der Waals surface area contributed by atoms with Crippen molar-refractivity contribution in [2.75, 3.05) is 13.2 Å². The summed E-state index contributed by atoms with van der Waals surface area (Å²) in [5, 5.41) is 45.9. The number of hydrogen-bond acceptors (Lipinski definition) is 8. The van der Waals surface area contributed by atoms with Gasteiger partial charge in [0.1, 0.15) is 5.60 Å². The molecule has 4 aliphatic heterocycles. The zero-order valence-electron chi connectivity index (χ0n) is 16.7. The lowest BCUT2D eigenvalue weighted by Crippen LogP contribution is -2.67. The molecule has 8 nitrogen and oxygen atoms in total. The number of ether oxygens (including phenoxy) is 4. The first kappa shape index (κ1) is 18.4. The van der Waals surface area contributed by atoms with Gasteiger partial charge in [0.25, 0.3) is 0 Å². The molecule has 0 aromatic rings. The van der Waals surface area contributed by atoms with Gasteiger partial charge in [0.05, 0.1) is 48.5 Å². The van der Waals surface area contributed by atoms with Crippen molar-refractivity contribution in [1.29, 1.82) is 0 Å². The molecule has 28 heavy (non-hydrogen) atoms. The van der Waals surface area contributed by atoms with Crippen LogP contribution >= 0.6 is 0 Å². The SMILES string of the molecule is C[C@@H]1COC2CC34C5OC(O)[C@]3(O[C@@H]3OC[C@H](O)C34[C@H](C(C)(C)C)[C@H]5O)[C@]21O. The van der Waals surface area contributed by atoms with Crippen LogP contribution in [0.1, 0.15) is 34.1 Å². The minimum absolute atomic E-state index is 0.0874. The third-order valence-corrected chi connectivity index (χ3v) is 9.18. The second kappa shape index (κ2) is 4.78. The molecule has 0 radical (unpaired) electrons. The third-order valence-electron chi connectivity index (χ3n) is 9.18. The molecule has 6 fully saturated rings. The molecule has 2 saturated carbocycles. The molecule has 0 bridgehead atoms. The van der Waals surface area contributed by atoms with Crippen LogP contribution in [0.2, 0.25) is 0 Å². The van der Waals surface area contributed by atoms with Gasteiger partial charge in [-0.05, 0) is 11.8 Å². The Balaban J connectivity index is 1.68. The maximum Gasteiger partial charge on any atom is 0.188 e. The Morgan fingerprint density at radius 3 is 2.43 bits per heavy atom. The zero-order chi connectivity index (χ0) is 20.1. The van der Waals surface area contributed by atoms with Crippen LogP contribution < -0.4 is 0 Å². The summed E-state index contributed by atoms with van der Waals surface area (Å²) in [6, 6.07) is 0. The lowest BCUT2D eigenvalue weighted by molar-refractivity contribution is -0.296. The van der Waals surface area contributed by atoms with E-state index in [-0.39, 0.29) is 12.5 Å². The molecular formula is C20H30O8. The Bertz CT molecular complexity index is 738. The van der Waals surface area contributed by atoms with E-state index in [2.05, 4.69) is 0 Å². The van der Waals surface area contributed by atoms with Crippen LogP contribution in [0.5, 0.6) is 0 Å². The van der Waals surface area contributed by atoms with Crippen molar-refractivity contribution in [1.82, 2.24) is 0 Å². The van der Waals surface area contributed by atoms with Crippen molar-refractivity contribution in [2.45, 2.75) is 82.3 Å². The van der Waals surface area contributed by atoms with Crippen LogP contribution in [-0.2, 0) is 18.9 Å². The standard InChI is InChI=1S/C20H30O8/c1-8-6-25-10-5-17-13-11(22)12(16(2,3)4)18(17)9(21)7-26-15(18)28-20(17,14(23)27-13)19(8,10)24/h8-15,21-24H,5-7H2,1-4H3/t8-,9+,10?,11-,12+,13?,14?,15+,17?,18?,19-,20-/m1/s1. The first-order chi connectivity index (χ1) is 13.0. The first-order valence-corrected chi connectivity index (χ1v) is 10.3. The minimum atomic E-state index is -1.52. The monoisotopic (exact) mass is 398 g/mol. The molecule has 0 aromatic heterocycles. The van der Waals surface area contributed by atoms with E-state index >= 15 is 0 Å². The van der Waals surface area contributed by atoms with Crippen LogP contribution in [0.15, 0.2) is 0 Å². The second-order valence-corrected chi connectivity index (χ2v) is 10.9. The van der Waals surface area contributed by atoms with Gasteiger partial charge in [-0.15, -0.1) is 0 Å². The van der Waals surface area contributed by atoms with E-state index in [4.69, 9.17) is 18.9 Å². The van der Waals surface area contributed by atoms with Crippen molar-refractivity contribution < 1.29 is 39.4 Å². The van der Waals surface area contributed by atoms with E-state index < -0.39 is 70.4 Å². The smallest absolute Gasteiger partial charge is 0.188 e. The van der Waals surface area contributed by atoms with Crippen molar-refractivity contribution in [3.8, 4) is 0 Å². The van der Waals surface area contributed by atoms with E-state index in [9.17, 15) is 20.4 Å². The average Bonchev–Trinajstić information content (AvgIpc) is 3.31. The van der Waals surface area contributed by atoms with Crippen molar-refractivity contribution in [3.05, 3.63) is 0 Å². The predicted octanol–water partition coefficient (Wildman–Crippen LogP) is -0.631. The molecule has 6 aliphatic rings. The molecule has 0 aromatic carbocycles. The van der Waals surface area contributed by atoms with Crippen LogP contribution in [0, 0.1) is 28.1 Å². The van der Waals surface area contributed by atoms with E-state index in [1.807, 2.05) is 27.7 Å². The fourth-order valence-corrected chi connectivity index (χ4v) is 8.66. The Labute approximate surface area is 163 Å². The van der Waals surface area contributed by atoms with Crippen molar-refractivity contribution in [3.63, 3.8) is 0 Å². The number of aliphatic hydroxyl groups excluding tert-OH is 3. The summed E-state index contributed by atoms with van der Waals surface area (Å²) < 4.78 is 24.3.